The maximum atomic E-state index is 13.1. The van der Waals surface area contributed by atoms with Gasteiger partial charge in [-0.15, -0.1) is 21.5 Å². The Bertz CT molecular complexity index is 1490. The van der Waals surface area contributed by atoms with Crippen molar-refractivity contribution in [3.05, 3.63) is 87.5 Å². The first-order valence-corrected chi connectivity index (χ1v) is 11.9. The Hall–Kier alpha value is -3.43. The van der Waals surface area contributed by atoms with E-state index in [0.29, 0.717) is 22.2 Å². The number of para-hydroxylation sites is 1. The SMILES string of the molecule is Cc1ccccc1NC(=O)CSc1nnc2n(Cc3ccccc3)c(=O)c3sccc3n12. The van der Waals surface area contributed by atoms with Crippen LogP contribution in [-0.4, -0.2) is 30.8 Å². The molecule has 0 bridgehead atoms. The van der Waals surface area contributed by atoms with E-state index in [1.165, 1.54) is 23.1 Å². The highest BCUT2D eigenvalue weighted by molar-refractivity contribution is 7.99. The number of aromatic nitrogens is 4. The number of aryl methyl sites for hydroxylation is 1. The molecule has 3 aromatic heterocycles. The average molecular weight is 462 g/mol. The molecule has 0 saturated carbocycles. The van der Waals surface area contributed by atoms with Gasteiger partial charge in [0.2, 0.25) is 11.7 Å². The molecule has 0 aliphatic carbocycles. The first kappa shape index (κ1) is 20.5. The molecule has 0 atom stereocenters. The predicted molar refractivity (Wildman–Crippen MR) is 129 cm³/mol. The van der Waals surface area contributed by atoms with Crippen molar-refractivity contribution in [3.63, 3.8) is 0 Å². The van der Waals surface area contributed by atoms with E-state index in [1.807, 2.05) is 77.4 Å². The van der Waals surface area contributed by atoms with Gasteiger partial charge in [-0.1, -0.05) is 60.3 Å². The molecule has 2 aromatic carbocycles. The smallest absolute Gasteiger partial charge is 0.273 e. The number of fused-ring (bicyclic) bond motifs is 3. The third kappa shape index (κ3) is 3.80. The molecule has 0 unspecified atom stereocenters. The van der Waals surface area contributed by atoms with Gasteiger partial charge in [0.25, 0.3) is 5.56 Å². The zero-order valence-electron chi connectivity index (χ0n) is 17.2. The van der Waals surface area contributed by atoms with Crippen LogP contribution in [0.5, 0.6) is 0 Å². The summed E-state index contributed by atoms with van der Waals surface area (Å²) in [7, 11) is 0. The summed E-state index contributed by atoms with van der Waals surface area (Å²) >= 11 is 2.69. The summed E-state index contributed by atoms with van der Waals surface area (Å²) in [6.45, 7) is 2.35. The van der Waals surface area contributed by atoms with E-state index in [4.69, 9.17) is 0 Å². The average Bonchev–Trinajstić information content (AvgIpc) is 3.45. The predicted octanol–water partition coefficient (Wildman–Crippen LogP) is 4.19. The van der Waals surface area contributed by atoms with Gasteiger partial charge in [-0.3, -0.25) is 18.6 Å². The van der Waals surface area contributed by atoms with Gasteiger partial charge in [0.1, 0.15) is 4.70 Å². The van der Waals surface area contributed by atoms with Crippen molar-refractivity contribution in [1.29, 1.82) is 0 Å². The highest BCUT2D eigenvalue weighted by Gasteiger charge is 2.19. The van der Waals surface area contributed by atoms with E-state index in [-0.39, 0.29) is 17.2 Å². The highest BCUT2D eigenvalue weighted by atomic mass is 32.2. The molecule has 5 rings (SSSR count). The summed E-state index contributed by atoms with van der Waals surface area (Å²) in [5.41, 5.74) is 3.46. The summed E-state index contributed by atoms with van der Waals surface area (Å²) in [5.74, 6) is 0.519. The zero-order valence-corrected chi connectivity index (χ0v) is 18.8. The van der Waals surface area contributed by atoms with E-state index < -0.39 is 0 Å². The van der Waals surface area contributed by atoms with Crippen LogP contribution in [0.3, 0.4) is 0 Å². The normalized spacial score (nSPS) is 11.3. The summed E-state index contributed by atoms with van der Waals surface area (Å²) in [5, 5.41) is 14.0. The Morgan fingerprint density at radius 1 is 1.06 bits per heavy atom. The Balaban J connectivity index is 1.48. The minimum atomic E-state index is -0.125. The van der Waals surface area contributed by atoms with Gasteiger partial charge in [-0.2, -0.15) is 0 Å². The number of amides is 1. The minimum absolute atomic E-state index is 0.0902. The van der Waals surface area contributed by atoms with E-state index in [9.17, 15) is 9.59 Å². The van der Waals surface area contributed by atoms with E-state index in [2.05, 4.69) is 15.5 Å². The molecule has 0 radical (unpaired) electrons. The molecular weight excluding hydrogens is 442 g/mol. The zero-order chi connectivity index (χ0) is 22.1. The first-order chi connectivity index (χ1) is 15.6. The van der Waals surface area contributed by atoms with Gasteiger partial charge in [0, 0.05) is 5.69 Å². The molecule has 0 aliphatic heterocycles. The Labute approximate surface area is 191 Å². The number of hydrogen-bond donors (Lipinski definition) is 1. The number of thiophene rings is 1. The Morgan fingerprint density at radius 3 is 2.66 bits per heavy atom. The quantitative estimate of drug-likeness (QED) is 0.384. The number of hydrogen-bond acceptors (Lipinski definition) is 6. The van der Waals surface area contributed by atoms with Crippen LogP contribution in [0.2, 0.25) is 0 Å². The minimum Gasteiger partial charge on any atom is -0.325 e. The fourth-order valence-electron chi connectivity index (χ4n) is 3.53. The second-order valence-electron chi connectivity index (χ2n) is 7.28. The van der Waals surface area contributed by atoms with Gasteiger partial charge in [0.15, 0.2) is 5.16 Å². The maximum absolute atomic E-state index is 13.1. The summed E-state index contributed by atoms with van der Waals surface area (Å²) < 4.78 is 4.14. The van der Waals surface area contributed by atoms with Crippen molar-refractivity contribution in [3.8, 4) is 0 Å². The van der Waals surface area contributed by atoms with Gasteiger partial charge in [-0.25, -0.2) is 0 Å². The van der Waals surface area contributed by atoms with Gasteiger partial charge in [0.05, 0.1) is 17.8 Å². The summed E-state index contributed by atoms with van der Waals surface area (Å²) in [4.78, 5) is 25.7. The van der Waals surface area contributed by atoms with Crippen LogP contribution >= 0.6 is 23.1 Å². The third-order valence-electron chi connectivity index (χ3n) is 5.12. The van der Waals surface area contributed by atoms with Crippen LogP contribution in [0.4, 0.5) is 5.69 Å². The van der Waals surface area contributed by atoms with Crippen LogP contribution in [0.1, 0.15) is 11.1 Å². The molecule has 160 valence electrons. The van der Waals surface area contributed by atoms with Crippen molar-refractivity contribution in [2.24, 2.45) is 0 Å². The van der Waals surface area contributed by atoms with Crippen molar-refractivity contribution in [1.82, 2.24) is 19.2 Å². The van der Waals surface area contributed by atoms with E-state index in [0.717, 1.165) is 22.3 Å². The number of nitrogens with one attached hydrogen (secondary N) is 1. The molecule has 3 heterocycles. The Morgan fingerprint density at radius 2 is 1.84 bits per heavy atom. The standard InChI is InChI=1S/C23H19N5O2S2/c1-15-7-5-6-10-17(15)24-19(29)14-32-23-26-25-22-27(13-16-8-3-2-4-9-16)21(30)20-18(28(22)23)11-12-31-20/h2-12H,13-14H2,1H3,(H,24,29). The molecule has 0 saturated heterocycles. The van der Waals surface area contributed by atoms with Gasteiger partial charge in [-0.05, 0) is 35.6 Å². The molecule has 0 aliphatic rings. The largest absolute Gasteiger partial charge is 0.325 e. The summed E-state index contributed by atoms with van der Waals surface area (Å²) in [6, 6.07) is 19.3. The van der Waals surface area contributed by atoms with Crippen molar-refractivity contribution in [2.45, 2.75) is 18.6 Å². The lowest BCUT2D eigenvalue weighted by atomic mass is 10.2. The first-order valence-electron chi connectivity index (χ1n) is 9.99. The van der Waals surface area contributed by atoms with Gasteiger partial charge >= 0.3 is 0 Å². The lowest BCUT2D eigenvalue weighted by molar-refractivity contribution is -0.113. The second-order valence-corrected chi connectivity index (χ2v) is 9.14. The van der Waals surface area contributed by atoms with Gasteiger partial charge < -0.3 is 5.32 Å². The topological polar surface area (TPSA) is 81.3 Å². The molecule has 0 spiro atoms. The molecule has 1 amide bonds. The molecule has 0 fully saturated rings. The molecule has 1 N–H and O–H groups in total. The number of carbonyl (C=O) groups excluding carboxylic acids is 1. The molecule has 9 heteroatoms. The van der Waals surface area contributed by atoms with Crippen molar-refractivity contribution >= 4 is 50.7 Å². The van der Waals surface area contributed by atoms with E-state index in [1.54, 1.807) is 4.57 Å². The monoisotopic (exact) mass is 461 g/mol. The molecule has 7 nitrogen and oxygen atoms in total. The maximum Gasteiger partial charge on any atom is 0.273 e. The lowest BCUT2D eigenvalue weighted by Crippen LogP contribution is -2.23. The van der Waals surface area contributed by atoms with Crippen LogP contribution in [0.25, 0.3) is 16.0 Å². The molecule has 5 aromatic rings. The van der Waals surface area contributed by atoms with Crippen LogP contribution in [0, 0.1) is 6.92 Å². The van der Waals surface area contributed by atoms with Crippen LogP contribution in [-0.2, 0) is 11.3 Å². The summed E-state index contributed by atoms with van der Waals surface area (Å²) in [6.07, 6.45) is 0. The van der Waals surface area contributed by atoms with Crippen molar-refractivity contribution < 1.29 is 4.79 Å². The number of carbonyl (C=O) groups is 1. The van der Waals surface area contributed by atoms with E-state index >= 15 is 0 Å². The number of thioether (sulfide) groups is 1. The molecule has 32 heavy (non-hydrogen) atoms. The number of benzene rings is 2. The van der Waals surface area contributed by atoms with Crippen LogP contribution in [0.15, 0.2) is 76.0 Å². The molecular formula is C23H19N5O2S2. The fourth-order valence-corrected chi connectivity index (χ4v) is 5.10. The number of anilines is 1. The Kier molecular flexibility index (Phi) is 5.50. The number of rotatable bonds is 6. The van der Waals surface area contributed by atoms with Crippen LogP contribution < -0.4 is 10.9 Å². The highest BCUT2D eigenvalue weighted by Crippen LogP contribution is 2.25. The lowest BCUT2D eigenvalue weighted by Gasteiger charge is -2.10. The second kappa shape index (κ2) is 8.60. The number of nitrogens with zero attached hydrogens (tertiary/aromatic N) is 4. The van der Waals surface area contributed by atoms with Crippen molar-refractivity contribution in [2.75, 3.05) is 11.1 Å². The fraction of sp³-hybridized carbons (Fsp3) is 0.130. The third-order valence-corrected chi connectivity index (χ3v) is 6.94.